The van der Waals surface area contributed by atoms with Gasteiger partial charge in [-0.2, -0.15) is 5.10 Å². The van der Waals surface area contributed by atoms with Gasteiger partial charge < -0.3 is 11.1 Å². The maximum absolute atomic E-state index is 12.0. The Kier molecular flexibility index (Phi) is 5.27. The molecule has 0 aliphatic carbocycles. The van der Waals surface area contributed by atoms with Crippen LogP contribution in [0, 0.1) is 5.92 Å². The Bertz CT molecular complexity index is 427. The Balaban J connectivity index is 2.70. The smallest absolute Gasteiger partial charge is 0.234 e. The number of nitrogens with two attached hydrogens (primary N) is 1. The SMILES string of the molecule is CCCC(C(=O)Nc1cnn(C(C)C)c1)C(N)=S. The molecular weight excluding hydrogens is 248 g/mol. The quantitative estimate of drug-likeness (QED) is 0.775. The van der Waals surface area contributed by atoms with Gasteiger partial charge in [0.25, 0.3) is 0 Å². The molecule has 100 valence electrons. The first-order chi connectivity index (χ1) is 8.45. The molecule has 0 aromatic carbocycles. The number of nitrogens with zero attached hydrogens (tertiary/aromatic N) is 2. The van der Waals surface area contributed by atoms with Gasteiger partial charge >= 0.3 is 0 Å². The molecule has 0 spiro atoms. The summed E-state index contributed by atoms with van der Waals surface area (Å²) in [7, 11) is 0. The van der Waals surface area contributed by atoms with E-state index in [9.17, 15) is 4.79 Å². The minimum atomic E-state index is -0.410. The second kappa shape index (κ2) is 6.49. The molecule has 5 nitrogen and oxygen atoms in total. The first-order valence-corrected chi connectivity index (χ1v) is 6.50. The summed E-state index contributed by atoms with van der Waals surface area (Å²) in [6.07, 6.45) is 4.95. The van der Waals surface area contributed by atoms with Crippen LogP contribution in [0.4, 0.5) is 5.69 Å². The summed E-state index contributed by atoms with van der Waals surface area (Å²) in [5, 5.41) is 6.95. The summed E-state index contributed by atoms with van der Waals surface area (Å²) < 4.78 is 1.78. The van der Waals surface area contributed by atoms with Crippen molar-refractivity contribution in [3.63, 3.8) is 0 Å². The van der Waals surface area contributed by atoms with Gasteiger partial charge in [-0.3, -0.25) is 9.48 Å². The fourth-order valence-corrected chi connectivity index (χ4v) is 1.83. The van der Waals surface area contributed by atoms with E-state index in [1.54, 1.807) is 17.1 Å². The van der Waals surface area contributed by atoms with E-state index in [4.69, 9.17) is 18.0 Å². The molecule has 3 N–H and O–H groups in total. The van der Waals surface area contributed by atoms with Crippen molar-refractivity contribution < 1.29 is 4.79 Å². The Labute approximate surface area is 113 Å². The zero-order valence-corrected chi connectivity index (χ0v) is 11.8. The van der Waals surface area contributed by atoms with Crippen molar-refractivity contribution >= 4 is 28.8 Å². The van der Waals surface area contributed by atoms with Gasteiger partial charge in [0.05, 0.1) is 22.8 Å². The molecule has 1 rings (SSSR count). The number of thiocarbonyl (C=S) groups is 1. The van der Waals surface area contributed by atoms with Gasteiger partial charge in [-0.15, -0.1) is 0 Å². The fourth-order valence-electron chi connectivity index (χ4n) is 1.61. The summed E-state index contributed by atoms with van der Waals surface area (Å²) in [4.78, 5) is 12.2. The minimum absolute atomic E-state index is 0.160. The number of amides is 1. The fraction of sp³-hybridized carbons (Fsp3) is 0.583. The van der Waals surface area contributed by atoms with E-state index in [0.717, 1.165) is 6.42 Å². The highest BCUT2D eigenvalue weighted by Crippen LogP contribution is 2.14. The molecule has 18 heavy (non-hydrogen) atoms. The highest BCUT2D eigenvalue weighted by atomic mass is 32.1. The average molecular weight is 268 g/mol. The van der Waals surface area contributed by atoms with E-state index in [-0.39, 0.29) is 16.9 Å². The number of anilines is 1. The lowest BCUT2D eigenvalue weighted by Crippen LogP contribution is -2.33. The summed E-state index contributed by atoms with van der Waals surface area (Å²) in [6, 6.07) is 0.262. The molecule has 0 saturated carbocycles. The molecule has 1 heterocycles. The Morgan fingerprint density at radius 1 is 1.61 bits per heavy atom. The van der Waals surface area contributed by atoms with Crippen molar-refractivity contribution in [3.05, 3.63) is 12.4 Å². The summed E-state index contributed by atoms with van der Waals surface area (Å²) in [5.74, 6) is -0.569. The summed E-state index contributed by atoms with van der Waals surface area (Å²) in [6.45, 7) is 6.04. The molecule has 1 aromatic rings. The van der Waals surface area contributed by atoms with Crippen LogP contribution in [-0.4, -0.2) is 20.7 Å². The predicted octanol–water partition coefficient (Wildman–Crippen LogP) is 2.10. The molecule has 1 unspecified atom stereocenters. The van der Waals surface area contributed by atoms with Gasteiger partial charge in [0.2, 0.25) is 5.91 Å². The molecule has 0 aliphatic rings. The maximum atomic E-state index is 12.0. The number of carbonyl (C=O) groups is 1. The largest absolute Gasteiger partial charge is 0.393 e. The van der Waals surface area contributed by atoms with E-state index in [0.29, 0.717) is 12.1 Å². The normalized spacial score (nSPS) is 12.4. The van der Waals surface area contributed by atoms with Crippen LogP contribution in [0.5, 0.6) is 0 Å². The first kappa shape index (κ1) is 14.6. The van der Waals surface area contributed by atoms with Gasteiger partial charge in [-0.1, -0.05) is 25.6 Å². The van der Waals surface area contributed by atoms with E-state index in [1.165, 1.54) is 0 Å². The van der Waals surface area contributed by atoms with Gasteiger partial charge in [0, 0.05) is 12.2 Å². The molecule has 1 atom stereocenters. The van der Waals surface area contributed by atoms with Crippen molar-refractivity contribution in [2.45, 2.75) is 39.7 Å². The number of hydrogen-bond donors (Lipinski definition) is 2. The van der Waals surface area contributed by atoms with E-state index in [2.05, 4.69) is 10.4 Å². The van der Waals surface area contributed by atoms with Crippen molar-refractivity contribution in [1.29, 1.82) is 0 Å². The van der Waals surface area contributed by atoms with Crippen LogP contribution in [0.1, 0.15) is 39.7 Å². The highest BCUT2D eigenvalue weighted by Gasteiger charge is 2.20. The van der Waals surface area contributed by atoms with Crippen molar-refractivity contribution in [2.24, 2.45) is 11.7 Å². The number of aromatic nitrogens is 2. The van der Waals surface area contributed by atoms with Crippen LogP contribution < -0.4 is 11.1 Å². The third kappa shape index (κ3) is 3.80. The Morgan fingerprint density at radius 2 is 2.28 bits per heavy atom. The third-order valence-electron chi connectivity index (χ3n) is 2.64. The van der Waals surface area contributed by atoms with Crippen LogP contribution in [0.3, 0.4) is 0 Å². The number of hydrogen-bond acceptors (Lipinski definition) is 3. The molecule has 0 bridgehead atoms. The molecule has 0 aliphatic heterocycles. The van der Waals surface area contributed by atoms with Crippen LogP contribution in [0.25, 0.3) is 0 Å². The number of rotatable bonds is 6. The zero-order valence-electron chi connectivity index (χ0n) is 11.0. The van der Waals surface area contributed by atoms with Crippen LogP contribution >= 0.6 is 12.2 Å². The zero-order chi connectivity index (χ0) is 13.7. The minimum Gasteiger partial charge on any atom is -0.393 e. The molecular formula is C12H20N4OS. The third-order valence-corrected chi connectivity index (χ3v) is 2.92. The molecule has 0 radical (unpaired) electrons. The lowest BCUT2D eigenvalue weighted by atomic mass is 10.0. The van der Waals surface area contributed by atoms with Crippen molar-refractivity contribution in [1.82, 2.24) is 9.78 Å². The van der Waals surface area contributed by atoms with Gasteiger partial charge in [-0.05, 0) is 20.3 Å². The highest BCUT2D eigenvalue weighted by molar-refractivity contribution is 7.80. The standard InChI is InChI=1S/C12H20N4OS/c1-4-5-10(11(13)18)12(17)15-9-6-14-16(7-9)8(2)3/h6-8,10H,4-5H2,1-3H3,(H2,13,18)(H,15,17). The second-order valence-corrected chi connectivity index (χ2v) is 5.01. The first-order valence-electron chi connectivity index (χ1n) is 6.10. The lowest BCUT2D eigenvalue weighted by Gasteiger charge is -2.13. The van der Waals surface area contributed by atoms with Crippen molar-refractivity contribution in [2.75, 3.05) is 5.32 Å². The summed E-state index contributed by atoms with van der Waals surface area (Å²) >= 11 is 4.92. The predicted molar refractivity (Wildman–Crippen MR) is 76.4 cm³/mol. The van der Waals surface area contributed by atoms with Gasteiger partial charge in [0.1, 0.15) is 0 Å². The molecule has 0 fully saturated rings. The van der Waals surface area contributed by atoms with Gasteiger partial charge in [0.15, 0.2) is 0 Å². The molecule has 1 amide bonds. The van der Waals surface area contributed by atoms with Crippen LogP contribution in [0.15, 0.2) is 12.4 Å². The monoisotopic (exact) mass is 268 g/mol. The maximum Gasteiger partial charge on any atom is 0.234 e. The van der Waals surface area contributed by atoms with E-state index >= 15 is 0 Å². The van der Waals surface area contributed by atoms with Crippen molar-refractivity contribution in [3.8, 4) is 0 Å². The van der Waals surface area contributed by atoms with E-state index in [1.807, 2.05) is 20.8 Å². The van der Waals surface area contributed by atoms with Crippen LogP contribution in [-0.2, 0) is 4.79 Å². The van der Waals surface area contributed by atoms with Gasteiger partial charge in [-0.25, -0.2) is 0 Å². The Morgan fingerprint density at radius 3 is 2.72 bits per heavy atom. The number of carbonyl (C=O) groups excluding carboxylic acids is 1. The van der Waals surface area contributed by atoms with Crippen LogP contribution in [0.2, 0.25) is 0 Å². The molecule has 6 heteroatoms. The van der Waals surface area contributed by atoms with E-state index < -0.39 is 5.92 Å². The Hall–Kier alpha value is -1.43. The molecule has 1 aromatic heterocycles. The average Bonchev–Trinajstić information content (AvgIpc) is 2.73. The number of nitrogens with one attached hydrogen (secondary N) is 1. The lowest BCUT2D eigenvalue weighted by molar-refractivity contribution is -0.118. The topological polar surface area (TPSA) is 72.9 Å². The summed E-state index contributed by atoms with van der Waals surface area (Å²) in [5.41, 5.74) is 6.25. The second-order valence-electron chi connectivity index (χ2n) is 4.54. The molecule has 0 saturated heterocycles.